The minimum absolute atomic E-state index is 0.407. The quantitative estimate of drug-likeness (QED) is 0.710. The Morgan fingerprint density at radius 1 is 0.842 bits per heavy atom. The fraction of sp³-hybridized carbons (Fsp3) is 0.111. The highest BCUT2D eigenvalue weighted by molar-refractivity contribution is 5.92. The van der Waals surface area contributed by atoms with Crippen LogP contribution in [-0.2, 0) is 6.42 Å². The summed E-state index contributed by atoms with van der Waals surface area (Å²) in [5.74, 6) is 0.407. The standard InChI is InChI=1S/C18H16O/c1-13-11-15(12-14-7-3-2-4-8-14)18(19)17-10-6-5-9-16(13)17/h2-11,19H,12H2,1H3. The van der Waals surface area contributed by atoms with Gasteiger partial charge in [-0.2, -0.15) is 0 Å². The third kappa shape index (κ3) is 2.19. The van der Waals surface area contributed by atoms with Crippen molar-refractivity contribution < 1.29 is 5.11 Å². The highest BCUT2D eigenvalue weighted by Gasteiger charge is 2.09. The van der Waals surface area contributed by atoms with Gasteiger partial charge in [0.05, 0.1) is 0 Å². The first-order valence-corrected chi connectivity index (χ1v) is 6.50. The van der Waals surface area contributed by atoms with E-state index in [1.807, 2.05) is 36.4 Å². The third-order valence-electron chi connectivity index (χ3n) is 3.54. The van der Waals surface area contributed by atoms with Crippen molar-refractivity contribution in [1.82, 2.24) is 0 Å². The Balaban J connectivity index is 2.12. The minimum atomic E-state index is 0.407. The lowest BCUT2D eigenvalue weighted by molar-refractivity contribution is 0.476. The van der Waals surface area contributed by atoms with Crippen LogP contribution in [0.1, 0.15) is 16.7 Å². The highest BCUT2D eigenvalue weighted by atomic mass is 16.3. The number of phenols is 1. The van der Waals surface area contributed by atoms with Crippen molar-refractivity contribution in [3.8, 4) is 5.75 Å². The van der Waals surface area contributed by atoms with Gasteiger partial charge in [-0.05, 0) is 29.0 Å². The Morgan fingerprint density at radius 3 is 2.21 bits per heavy atom. The van der Waals surface area contributed by atoms with E-state index in [-0.39, 0.29) is 0 Å². The van der Waals surface area contributed by atoms with Gasteiger partial charge in [0.1, 0.15) is 5.75 Å². The summed E-state index contributed by atoms with van der Waals surface area (Å²) in [7, 11) is 0. The zero-order chi connectivity index (χ0) is 13.2. The van der Waals surface area contributed by atoms with Crippen LogP contribution in [-0.4, -0.2) is 5.11 Å². The number of benzene rings is 3. The Bertz CT molecular complexity index is 714. The van der Waals surface area contributed by atoms with Crippen molar-refractivity contribution in [1.29, 1.82) is 0 Å². The first-order valence-electron chi connectivity index (χ1n) is 6.50. The summed E-state index contributed by atoms with van der Waals surface area (Å²) in [5, 5.41) is 12.5. The molecule has 3 rings (SSSR count). The maximum absolute atomic E-state index is 10.4. The van der Waals surface area contributed by atoms with Crippen molar-refractivity contribution in [2.45, 2.75) is 13.3 Å². The summed E-state index contributed by atoms with van der Waals surface area (Å²) < 4.78 is 0. The average Bonchev–Trinajstić information content (AvgIpc) is 2.46. The number of hydrogen-bond acceptors (Lipinski definition) is 1. The molecule has 0 bridgehead atoms. The number of phenolic OH excluding ortho intramolecular Hbond substituents is 1. The average molecular weight is 248 g/mol. The van der Waals surface area contributed by atoms with Gasteiger partial charge in [-0.3, -0.25) is 0 Å². The minimum Gasteiger partial charge on any atom is -0.507 e. The molecule has 0 amide bonds. The van der Waals surface area contributed by atoms with Gasteiger partial charge in [-0.1, -0.05) is 60.7 Å². The second-order valence-corrected chi connectivity index (χ2v) is 4.91. The molecule has 0 spiro atoms. The van der Waals surface area contributed by atoms with Crippen LogP contribution in [0, 0.1) is 6.92 Å². The number of aromatic hydroxyl groups is 1. The van der Waals surface area contributed by atoms with Gasteiger partial charge in [0.2, 0.25) is 0 Å². The predicted molar refractivity (Wildman–Crippen MR) is 79.6 cm³/mol. The van der Waals surface area contributed by atoms with E-state index in [2.05, 4.69) is 31.2 Å². The second-order valence-electron chi connectivity index (χ2n) is 4.91. The molecule has 0 aliphatic rings. The lowest BCUT2D eigenvalue weighted by atomic mass is 9.96. The fourth-order valence-electron chi connectivity index (χ4n) is 2.56. The SMILES string of the molecule is Cc1cc(Cc2ccccc2)c(O)c2ccccc12. The zero-order valence-electron chi connectivity index (χ0n) is 10.9. The van der Waals surface area contributed by atoms with E-state index < -0.39 is 0 Å². The third-order valence-corrected chi connectivity index (χ3v) is 3.54. The lowest BCUT2D eigenvalue weighted by Gasteiger charge is -2.11. The Morgan fingerprint density at radius 2 is 1.47 bits per heavy atom. The molecule has 0 aliphatic carbocycles. The molecule has 0 fully saturated rings. The van der Waals surface area contributed by atoms with Crippen molar-refractivity contribution in [2.75, 3.05) is 0 Å². The monoisotopic (exact) mass is 248 g/mol. The van der Waals surface area contributed by atoms with Gasteiger partial charge in [-0.25, -0.2) is 0 Å². The van der Waals surface area contributed by atoms with Crippen molar-refractivity contribution in [3.63, 3.8) is 0 Å². The molecule has 1 N–H and O–H groups in total. The van der Waals surface area contributed by atoms with Crippen LogP contribution in [0.2, 0.25) is 0 Å². The van der Waals surface area contributed by atoms with Gasteiger partial charge < -0.3 is 5.11 Å². The molecule has 1 nitrogen and oxygen atoms in total. The first-order chi connectivity index (χ1) is 9.25. The van der Waals surface area contributed by atoms with Gasteiger partial charge in [0.25, 0.3) is 0 Å². The summed E-state index contributed by atoms with van der Waals surface area (Å²) in [4.78, 5) is 0. The van der Waals surface area contributed by atoms with E-state index >= 15 is 0 Å². The molecule has 0 radical (unpaired) electrons. The topological polar surface area (TPSA) is 20.2 Å². The van der Waals surface area contributed by atoms with Gasteiger partial charge >= 0.3 is 0 Å². The number of aryl methyl sites for hydroxylation is 1. The van der Waals surface area contributed by atoms with E-state index in [9.17, 15) is 5.11 Å². The normalized spacial score (nSPS) is 10.8. The molecule has 3 aromatic carbocycles. The van der Waals surface area contributed by atoms with E-state index in [0.29, 0.717) is 5.75 Å². The van der Waals surface area contributed by atoms with Gasteiger partial charge in [-0.15, -0.1) is 0 Å². The largest absolute Gasteiger partial charge is 0.507 e. The Labute approximate surface area is 113 Å². The van der Waals surface area contributed by atoms with Crippen LogP contribution in [0.4, 0.5) is 0 Å². The van der Waals surface area contributed by atoms with Crippen molar-refractivity contribution in [2.24, 2.45) is 0 Å². The predicted octanol–water partition coefficient (Wildman–Crippen LogP) is 4.44. The summed E-state index contributed by atoms with van der Waals surface area (Å²) in [6.07, 6.45) is 0.762. The Hall–Kier alpha value is -2.28. The molecule has 0 heterocycles. The summed E-state index contributed by atoms with van der Waals surface area (Å²) >= 11 is 0. The molecule has 94 valence electrons. The van der Waals surface area contributed by atoms with E-state index in [1.54, 1.807) is 0 Å². The van der Waals surface area contributed by atoms with Crippen LogP contribution in [0.15, 0.2) is 60.7 Å². The highest BCUT2D eigenvalue weighted by Crippen LogP contribution is 2.32. The van der Waals surface area contributed by atoms with Crippen LogP contribution in [0.25, 0.3) is 10.8 Å². The summed E-state index contributed by atoms with van der Waals surface area (Å²) in [5.41, 5.74) is 3.41. The van der Waals surface area contributed by atoms with Gasteiger partial charge in [0.15, 0.2) is 0 Å². The van der Waals surface area contributed by atoms with Crippen molar-refractivity contribution in [3.05, 3.63) is 77.4 Å². The van der Waals surface area contributed by atoms with E-state index in [4.69, 9.17) is 0 Å². The molecule has 0 saturated carbocycles. The molecule has 0 unspecified atom stereocenters. The first kappa shape index (κ1) is 11.8. The molecule has 1 heteroatoms. The van der Waals surface area contributed by atoms with E-state index in [0.717, 1.165) is 22.8 Å². The molecule has 19 heavy (non-hydrogen) atoms. The molecule has 0 atom stereocenters. The van der Waals surface area contributed by atoms with E-state index in [1.165, 1.54) is 11.1 Å². The van der Waals surface area contributed by atoms with Gasteiger partial charge in [0, 0.05) is 11.8 Å². The lowest BCUT2D eigenvalue weighted by Crippen LogP contribution is -1.91. The molecule has 3 aromatic rings. The molecule has 0 aliphatic heterocycles. The van der Waals surface area contributed by atoms with Crippen molar-refractivity contribution >= 4 is 10.8 Å². The van der Waals surface area contributed by atoms with Crippen LogP contribution in [0.3, 0.4) is 0 Å². The zero-order valence-corrected chi connectivity index (χ0v) is 10.9. The number of rotatable bonds is 2. The molecule has 0 aromatic heterocycles. The number of hydrogen-bond donors (Lipinski definition) is 1. The second kappa shape index (κ2) is 4.77. The molecular formula is C18H16O. The maximum atomic E-state index is 10.4. The van der Waals surface area contributed by atoms with Crippen LogP contribution < -0.4 is 0 Å². The fourth-order valence-corrected chi connectivity index (χ4v) is 2.56. The van der Waals surface area contributed by atoms with Crippen LogP contribution in [0.5, 0.6) is 5.75 Å². The molecular weight excluding hydrogens is 232 g/mol. The Kier molecular flexibility index (Phi) is 2.96. The summed E-state index contributed by atoms with van der Waals surface area (Å²) in [6, 6.07) is 20.3. The number of fused-ring (bicyclic) bond motifs is 1. The maximum Gasteiger partial charge on any atom is 0.126 e. The summed E-state index contributed by atoms with van der Waals surface area (Å²) in [6.45, 7) is 2.09. The van der Waals surface area contributed by atoms with Crippen LogP contribution >= 0.6 is 0 Å². The molecule has 0 saturated heterocycles. The smallest absolute Gasteiger partial charge is 0.126 e.